The summed E-state index contributed by atoms with van der Waals surface area (Å²) in [5.41, 5.74) is -0.191. The van der Waals surface area contributed by atoms with Crippen molar-refractivity contribution in [1.82, 2.24) is 25.1 Å². The number of benzene rings is 1. The van der Waals surface area contributed by atoms with Crippen LogP contribution in [0.2, 0.25) is 0 Å². The number of tetrazole rings is 1. The second kappa shape index (κ2) is 7.54. The first kappa shape index (κ1) is 18.5. The number of ketones is 1. The minimum atomic E-state index is -5.05. The maximum atomic E-state index is 13.1. The Bertz CT molecular complexity index is 813. The minimum Gasteiger partial charge on any atom is -0.378 e. The first-order valence-electron chi connectivity index (χ1n) is 7.56. The number of ether oxygens (including phenoxy) is 1. The molecule has 0 aliphatic carbocycles. The topological polar surface area (TPSA) is 73.1 Å². The number of aromatic nitrogens is 4. The van der Waals surface area contributed by atoms with Crippen LogP contribution < -0.4 is 0 Å². The van der Waals surface area contributed by atoms with Crippen LogP contribution in [0.25, 0.3) is 11.3 Å². The number of rotatable bonds is 4. The van der Waals surface area contributed by atoms with E-state index in [9.17, 15) is 18.0 Å². The Balaban J connectivity index is 2.05. The van der Waals surface area contributed by atoms with E-state index in [1.54, 1.807) is 29.2 Å². The number of nitrogens with zero attached hydrogens (tertiary/aromatic N) is 5. The SMILES string of the molecule is O=C(/C(=C\N1CCOCC1)c1nnnn1-c1ccc(Br)cc1)C(F)(F)F. The van der Waals surface area contributed by atoms with Gasteiger partial charge in [0.15, 0.2) is 5.82 Å². The molecule has 138 valence electrons. The molecule has 1 fully saturated rings. The van der Waals surface area contributed by atoms with Gasteiger partial charge in [-0.15, -0.1) is 5.10 Å². The second-order valence-corrected chi connectivity index (χ2v) is 6.32. The fourth-order valence-electron chi connectivity index (χ4n) is 2.37. The summed E-state index contributed by atoms with van der Waals surface area (Å²) < 4.78 is 46.4. The normalized spacial score (nSPS) is 16.0. The molecule has 26 heavy (non-hydrogen) atoms. The van der Waals surface area contributed by atoms with Crippen molar-refractivity contribution < 1.29 is 22.7 Å². The van der Waals surface area contributed by atoms with Crippen molar-refractivity contribution in [2.75, 3.05) is 26.3 Å². The average Bonchev–Trinajstić information content (AvgIpc) is 3.09. The Morgan fingerprint density at radius 1 is 1.19 bits per heavy atom. The van der Waals surface area contributed by atoms with E-state index in [-0.39, 0.29) is 5.82 Å². The highest BCUT2D eigenvalue weighted by atomic mass is 79.9. The highest BCUT2D eigenvalue weighted by Crippen LogP contribution is 2.27. The van der Waals surface area contributed by atoms with Gasteiger partial charge in [0.1, 0.15) is 0 Å². The average molecular weight is 432 g/mol. The summed E-state index contributed by atoms with van der Waals surface area (Å²) >= 11 is 3.28. The van der Waals surface area contributed by atoms with Gasteiger partial charge in [0.25, 0.3) is 5.78 Å². The Hall–Kier alpha value is -2.27. The molecule has 2 heterocycles. The Morgan fingerprint density at radius 3 is 2.46 bits per heavy atom. The van der Waals surface area contributed by atoms with Crippen LogP contribution in [0.5, 0.6) is 0 Å². The predicted molar refractivity (Wildman–Crippen MR) is 88.3 cm³/mol. The number of carbonyl (C=O) groups excluding carboxylic acids is 1. The van der Waals surface area contributed by atoms with E-state index in [0.29, 0.717) is 32.0 Å². The summed E-state index contributed by atoms with van der Waals surface area (Å²) in [7, 11) is 0. The minimum absolute atomic E-state index is 0.277. The summed E-state index contributed by atoms with van der Waals surface area (Å²) in [6.07, 6.45) is -3.89. The zero-order valence-corrected chi connectivity index (χ0v) is 14.9. The molecule has 0 unspecified atom stereocenters. The fraction of sp³-hybridized carbons (Fsp3) is 0.333. The molecule has 0 saturated carbocycles. The number of carbonyl (C=O) groups is 1. The highest BCUT2D eigenvalue weighted by molar-refractivity contribution is 9.10. The van der Waals surface area contributed by atoms with Gasteiger partial charge in [-0.25, -0.2) is 0 Å². The van der Waals surface area contributed by atoms with E-state index in [1.165, 1.54) is 0 Å². The summed E-state index contributed by atoms with van der Waals surface area (Å²) in [5, 5.41) is 10.8. The largest absolute Gasteiger partial charge is 0.455 e. The maximum absolute atomic E-state index is 13.1. The molecule has 11 heteroatoms. The lowest BCUT2D eigenvalue weighted by Gasteiger charge is -2.26. The standard InChI is InChI=1S/C15H13BrF3N5O2/c16-10-1-3-11(4-2-10)24-14(20-21-22-24)12(13(25)15(17,18)19)9-23-5-7-26-8-6-23/h1-4,9H,5-8H2/b12-9+. The van der Waals surface area contributed by atoms with Gasteiger partial charge in [0, 0.05) is 23.8 Å². The molecule has 7 nitrogen and oxygen atoms in total. The first-order valence-corrected chi connectivity index (χ1v) is 8.35. The van der Waals surface area contributed by atoms with Crippen molar-refractivity contribution in [3.05, 3.63) is 40.8 Å². The van der Waals surface area contributed by atoms with Crippen molar-refractivity contribution in [1.29, 1.82) is 0 Å². The molecule has 0 amide bonds. The number of hydrogen-bond donors (Lipinski definition) is 0. The smallest absolute Gasteiger partial charge is 0.378 e. The van der Waals surface area contributed by atoms with Gasteiger partial charge in [-0.3, -0.25) is 4.79 Å². The Kier molecular flexibility index (Phi) is 5.37. The number of morpholine rings is 1. The van der Waals surface area contributed by atoms with Gasteiger partial charge < -0.3 is 9.64 Å². The van der Waals surface area contributed by atoms with Gasteiger partial charge in [-0.1, -0.05) is 15.9 Å². The summed E-state index contributed by atoms with van der Waals surface area (Å²) in [6.45, 7) is 1.46. The van der Waals surface area contributed by atoms with E-state index in [1.807, 2.05) is 0 Å². The molecule has 3 rings (SSSR count). The van der Waals surface area contributed by atoms with E-state index in [2.05, 4.69) is 31.5 Å². The molecule has 1 aliphatic rings. The van der Waals surface area contributed by atoms with Crippen LogP contribution in [0, 0.1) is 0 Å². The molecule has 0 spiro atoms. The van der Waals surface area contributed by atoms with Gasteiger partial charge in [0.05, 0.1) is 24.5 Å². The molecule has 1 aliphatic heterocycles. The van der Waals surface area contributed by atoms with Gasteiger partial charge in [-0.05, 0) is 34.7 Å². The lowest BCUT2D eigenvalue weighted by Crippen LogP contribution is -2.34. The van der Waals surface area contributed by atoms with Gasteiger partial charge in [-0.2, -0.15) is 17.9 Å². The van der Waals surface area contributed by atoms with E-state index in [0.717, 1.165) is 15.4 Å². The van der Waals surface area contributed by atoms with Crippen molar-refractivity contribution in [3.63, 3.8) is 0 Å². The molecule has 0 bridgehead atoms. The van der Waals surface area contributed by atoms with Crippen LogP contribution in [0.4, 0.5) is 13.2 Å². The number of alkyl halides is 3. The van der Waals surface area contributed by atoms with Crippen molar-refractivity contribution in [3.8, 4) is 5.69 Å². The number of halogens is 4. The zero-order valence-electron chi connectivity index (χ0n) is 13.3. The molecule has 0 N–H and O–H groups in total. The molecule has 1 aromatic carbocycles. The third-order valence-electron chi connectivity index (χ3n) is 3.64. The molecular weight excluding hydrogens is 419 g/mol. The van der Waals surface area contributed by atoms with Crippen LogP contribution in [-0.4, -0.2) is 63.4 Å². The van der Waals surface area contributed by atoms with Crippen LogP contribution in [0.15, 0.2) is 34.9 Å². The molecular formula is C15H13BrF3N5O2. The number of allylic oxidation sites excluding steroid dienone is 1. The van der Waals surface area contributed by atoms with Crippen LogP contribution in [-0.2, 0) is 9.53 Å². The summed E-state index contributed by atoms with van der Waals surface area (Å²) in [4.78, 5) is 13.6. The predicted octanol–water partition coefficient (Wildman–Crippen LogP) is 2.23. The third kappa shape index (κ3) is 4.10. The quantitative estimate of drug-likeness (QED) is 0.691. The molecule has 1 saturated heterocycles. The molecule has 2 aromatic rings. The van der Waals surface area contributed by atoms with E-state index < -0.39 is 17.5 Å². The zero-order chi connectivity index (χ0) is 18.7. The lowest BCUT2D eigenvalue weighted by molar-refractivity contribution is -0.164. The van der Waals surface area contributed by atoms with Gasteiger partial charge in [0.2, 0.25) is 0 Å². The van der Waals surface area contributed by atoms with Gasteiger partial charge >= 0.3 is 6.18 Å². The van der Waals surface area contributed by atoms with Crippen molar-refractivity contribution >= 4 is 27.3 Å². The van der Waals surface area contributed by atoms with E-state index in [4.69, 9.17) is 4.74 Å². The lowest BCUT2D eigenvalue weighted by atomic mass is 10.1. The maximum Gasteiger partial charge on any atom is 0.455 e. The summed E-state index contributed by atoms with van der Waals surface area (Å²) in [6, 6.07) is 6.62. The van der Waals surface area contributed by atoms with Crippen LogP contribution >= 0.6 is 15.9 Å². The fourth-order valence-corrected chi connectivity index (χ4v) is 2.64. The highest BCUT2D eigenvalue weighted by Gasteiger charge is 2.43. The number of hydrogen-bond acceptors (Lipinski definition) is 6. The monoisotopic (exact) mass is 431 g/mol. The Morgan fingerprint density at radius 2 is 1.85 bits per heavy atom. The molecule has 0 atom stereocenters. The Labute approximate surface area is 154 Å². The number of Topliss-reactive ketones (excluding diaryl/α,β-unsaturated/α-hetero) is 1. The van der Waals surface area contributed by atoms with Crippen molar-refractivity contribution in [2.45, 2.75) is 6.18 Å². The van der Waals surface area contributed by atoms with Crippen molar-refractivity contribution in [2.24, 2.45) is 0 Å². The van der Waals surface area contributed by atoms with Crippen LogP contribution in [0.3, 0.4) is 0 Å². The molecule has 0 radical (unpaired) electrons. The van der Waals surface area contributed by atoms with E-state index >= 15 is 0 Å². The first-order chi connectivity index (χ1) is 12.4. The second-order valence-electron chi connectivity index (χ2n) is 5.41. The molecule has 1 aromatic heterocycles. The third-order valence-corrected chi connectivity index (χ3v) is 4.17. The van der Waals surface area contributed by atoms with Crippen LogP contribution in [0.1, 0.15) is 5.82 Å². The summed E-state index contributed by atoms with van der Waals surface area (Å²) in [5.74, 6) is -2.28.